The molecule has 1 aliphatic rings. The predicted octanol–water partition coefficient (Wildman–Crippen LogP) is 1.47. The highest BCUT2D eigenvalue weighted by Crippen LogP contribution is 2.17. The number of nitrogens with zero attached hydrogens (tertiary/aromatic N) is 2. The molecule has 0 N–H and O–H groups in total. The molecule has 1 amide bonds. The van der Waals surface area contributed by atoms with Gasteiger partial charge in [-0.05, 0) is 18.6 Å². The molecule has 1 fully saturated rings. The lowest BCUT2D eigenvalue weighted by molar-refractivity contribution is -0.140. The molecule has 4 heteroatoms. The first kappa shape index (κ1) is 10.9. The van der Waals surface area contributed by atoms with Crippen molar-refractivity contribution >= 4 is 5.91 Å². The molecule has 0 aliphatic carbocycles. The fourth-order valence-corrected chi connectivity index (χ4v) is 1.70. The van der Waals surface area contributed by atoms with Crippen molar-refractivity contribution in [1.82, 2.24) is 9.88 Å². The molecule has 2 heterocycles. The Morgan fingerprint density at radius 3 is 3.06 bits per heavy atom. The molecule has 0 bridgehead atoms. The lowest BCUT2D eigenvalue weighted by atomic mass is 10.1. The minimum Gasteiger partial charge on any atom is -0.485 e. The molecule has 0 unspecified atom stereocenters. The molecule has 0 aromatic carbocycles. The topological polar surface area (TPSA) is 42.4 Å². The van der Waals surface area contributed by atoms with Crippen molar-refractivity contribution in [2.75, 3.05) is 13.1 Å². The number of rotatable bonds is 4. The van der Waals surface area contributed by atoms with Crippen LogP contribution in [0.4, 0.5) is 0 Å². The van der Waals surface area contributed by atoms with Crippen molar-refractivity contribution in [2.45, 2.75) is 25.9 Å². The summed E-state index contributed by atoms with van der Waals surface area (Å²) in [6, 6.07) is 3.72. The summed E-state index contributed by atoms with van der Waals surface area (Å²) in [7, 11) is 0. The van der Waals surface area contributed by atoms with Crippen LogP contribution in [0.25, 0.3) is 0 Å². The van der Waals surface area contributed by atoms with E-state index in [1.54, 1.807) is 12.4 Å². The average molecular weight is 220 g/mol. The number of aromatic nitrogens is 1. The fraction of sp³-hybridized carbons (Fsp3) is 0.500. The molecular formula is C12H16N2O2. The number of carbonyl (C=O) groups excluding carboxylic acids is 1. The van der Waals surface area contributed by atoms with Gasteiger partial charge < -0.3 is 9.64 Å². The highest BCUT2D eigenvalue weighted by atomic mass is 16.5. The maximum Gasteiger partial charge on any atom is 0.222 e. The summed E-state index contributed by atoms with van der Waals surface area (Å²) in [6.45, 7) is 3.42. The highest BCUT2D eigenvalue weighted by molar-refractivity contribution is 5.77. The van der Waals surface area contributed by atoms with Crippen molar-refractivity contribution in [3.63, 3.8) is 0 Å². The van der Waals surface area contributed by atoms with E-state index >= 15 is 0 Å². The van der Waals surface area contributed by atoms with Crippen LogP contribution in [0.1, 0.15) is 19.8 Å². The zero-order chi connectivity index (χ0) is 11.4. The standard InChI is InChI=1S/C12H16N2O2/c1-2-4-12(15)14-8-11(9-14)16-10-5-3-6-13-7-10/h3,5-7,11H,2,4,8-9H2,1H3. The van der Waals surface area contributed by atoms with Crippen LogP contribution in [0.3, 0.4) is 0 Å². The third-order valence-electron chi connectivity index (χ3n) is 2.60. The van der Waals surface area contributed by atoms with E-state index in [9.17, 15) is 4.79 Å². The first-order valence-electron chi connectivity index (χ1n) is 5.64. The van der Waals surface area contributed by atoms with Crippen LogP contribution >= 0.6 is 0 Å². The number of likely N-dealkylation sites (tertiary alicyclic amines) is 1. The Balaban J connectivity index is 1.75. The van der Waals surface area contributed by atoms with E-state index in [0.29, 0.717) is 19.5 Å². The minimum atomic E-state index is 0.130. The zero-order valence-corrected chi connectivity index (χ0v) is 9.43. The lowest BCUT2D eigenvalue weighted by Gasteiger charge is -2.38. The van der Waals surface area contributed by atoms with Crippen LogP contribution in [-0.4, -0.2) is 35.0 Å². The van der Waals surface area contributed by atoms with Crippen LogP contribution in [0.5, 0.6) is 5.75 Å². The van der Waals surface area contributed by atoms with Gasteiger partial charge in [0.15, 0.2) is 0 Å². The Labute approximate surface area is 95.2 Å². The van der Waals surface area contributed by atoms with Crippen molar-refractivity contribution in [3.05, 3.63) is 24.5 Å². The number of amides is 1. The Bertz CT molecular complexity index is 347. The van der Waals surface area contributed by atoms with Gasteiger partial charge in [-0.3, -0.25) is 9.78 Å². The van der Waals surface area contributed by atoms with Gasteiger partial charge in [0.2, 0.25) is 5.91 Å². The molecule has 1 aliphatic heterocycles. The van der Waals surface area contributed by atoms with E-state index in [0.717, 1.165) is 12.2 Å². The van der Waals surface area contributed by atoms with Gasteiger partial charge in [0.25, 0.3) is 0 Å². The maximum atomic E-state index is 11.5. The molecule has 16 heavy (non-hydrogen) atoms. The molecule has 1 aromatic rings. The first-order chi connectivity index (χ1) is 7.79. The summed E-state index contributed by atoms with van der Waals surface area (Å²) in [5.41, 5.74) is 0. The smallest absolute Gasteiger partial charge is 0.222 e. The normalized spacial score (nSPS) is 15.7. The zero-order valence-electron chi connectivity index (χ0n) is 9.43. The number of pyridine rings is 1. The second-order valence-corrected chi connectivity index (χ2v) is 3.98. The summed E-state index contributed by atoms with van der Waals surface area (Å²) in [5.74, 6) is 1.00. The third kappa shape index (κ3) is 2.51. The summed E-state index contributed by atoms with van der Waals surface area (Å²) in [4.78, 5) is 17.3. The number of ether oxygens (including phenoxy) is 1. The SMILES string of the molecule is CCCC(=O)N1CC(Oc2cccnc2)C1. The maximum absolute atomic E-state index is 11.5. The van der Waals surface area contributed by atoms with Gasteiger partial charge in [-0.25, -0.2) is 0 Å². The summed E-state index contributed by atoms with van der Waals surface area (Å²) in [6.07, 6.45) is 5.08. The monoisotopic (exact) mass is 220 g/mol. The highest BCUT2D eigenvalue weighted by Gasteiger charge is 2.31. The van der Waals surface area contributed by atoms with Gasteiger partial charge in [-0.1, -0.05) is 6.92 Å². The van der Waals surface area contributed by atoms with Crippen LogP contribution in [0, 0.1) is 0 Å². The van der Waals surface area contributed by atoms with Crippen molar-refractivity contribution in [2.24, 2.45) is 0 Å². The van der Waals surface area contributed by atoms with Gasteiger partial charge in [0.05, 0.1) is 19.3 Å². The van der Waals surface area contributed by atoms with E-state index in [-0.39, 0.29) is 12.0 Å². The third-order valence-corrected chi connectivity index (χ3v) is 2.60. The van der Waals surface area contributed by atoms with Gasteiger partial charge in [0.1, 0.15) is 11.9 Å². The van der Waals surface area contributed by atoms with Crippen molar-refractivity contribution < 1.29 is 9.53 Å². The molecule has 0 saturated carbocycles. The first-order valence-corrected chi connectivity index (χ1v) is 5.64. The summed E-state index contributed by atoms with van der Waals surface area (Å²) in [5, 5.41) is 0. The Kier molecular flexibility index (Phi) is 3.39. The number of hydrogen-bond acceptors (Lipinski definition) is 3. The van der Waals surface area contributed by atoms with E-state index in [4.69, 9.17) is 4.74 Å². The quantitative estimate of drug-likeness (QED) is 0.771. The van der Waals surface area contributed by atoms with E-state index in [2.05, 4.69) is 4.98 Å². The average Bonchev–Trinajstić information content (AvgIpc) is 2.24. The Morgan fingerprint density at radius 1 is 1.62 bits per heavy atom. The predicted molar refractivity (Wildman–Crippen MR) is 60.1 cm³/mol. The Hall–Kier alpha value is -1.58. The van der Waals surface area contributed by atoms with Crippen LogP contribution in [-0.2, 0) is 4.79 Å². The molecule has 0 radical (unpaired) electrons. The number of carbonyl (C=O) groups is 1. The van der Waals surface area contributed by atoms with Crippen LogP contribution < -0.4 is 4.74 Å². The largest absolute Gasteiger partial charge is 0.485 e. The molecule has 0 spiro atoms. The Morgan fingerprint density at radius 2 is 2.44 bits per heavy atom. The van der Waals surface area contributed by atoms with Gasteiger partial charge in [-0.15, -0.1) is 0 Å². The molecule has 1 saturated heterocycles. The number of hydrogen-bond donors (Lipinski definition) is 0. The van der Waals surface area contributed by atoms with Crippen LogP contribution in [0.2, 0.25) is 0 Å². The summed E-state index contributed by atoms with van der Waals surface area (Å²) >= 11 is 0. The molecular weight excluding hydrogens is 204 g/mol. The minimum absolute atomic E-state index is 0.130. The van der Waals surface area contributed by atoms with Gasteiger partial charge in [-0.2, -0.15) is 0 Å². The van der Waals surface area contributed by atoms with Crippen molar-refractivity contribution in [3.8, 4) is 5.75 Å². The van der Waals surface area contributed by atoms with E-state index in [1.165, 1.54) is 0 Å². The second kappa shape index (κ2) is 4.96. The van der Waals surface area contributed by atoms with Gasteiger partial charge in [0, 0.05) is 12.6 Å². The van der Waals surface area contributed by atoms with Crippen molar-refractivity contribution in [1.29, 1.82) is 0 Å². The molecule has 4 nitrogen and oxygen atoms in total. The van der Waals surface area contributed by atoms with E-state index < -0.39 is 0 Å². The van der Waals surface area contributed by atoms with Gasteiger partial charge >= 0.3 is 0 Å². The summed E-state index contributed by atoms with van der Waals surface area (Å²) < 4.78 is 5.65. The van der Waals surface area contributed by atoms with E-state index in [1.807, 2.05) is 24.0 Å². The molecule has 1 aromatic heterocycles. The second-order valence-electron chi connectivity index (χ2n) is 3.98. The fourth-order valence-electron chi connectivity index (χ4n) is 1.70. The molecule has 0 atom stereocenters. The lowest BCUT2D eigenvalue weighted by Crippen LogP contribution is -2.56. The molecule has 2 rings (SSSR count). The molecule has 86 valence electrons. The van der Waals surface area contributed by atoms with Crippen LogP contribution in [0.15, 0.2) is 24.5 Å².